The van der Waals surface area contributed by atoms with Crippen molar-refractivity contribution < 1.29 is 9.90 Å². The number of pyridine rings is 1. The Morgan fingerprint density at radius 3 is 2.92 bits per heavy atom. The number of aromatic nitrogens is 1. The Morgan fingerprint density at radius 1 is 1.69 bits per heavy atom. The number of nitrogens with zero attached hydrogens (tertiary/aromatic N) is 1. The first kappa shape index (κ1) is 9.45. The molecule has 1 atom stereocenters. The van der Waals surface area contributed by atoms with Crippen molar-refractivity contribution in [1.29, 1.82) is 0 Å². The summed E-state index contributed by atoms with van der Waals surface area (Å²) in [7, 11) is 0. The Hall–Kier alpha value is -1.64. The van der Waals surface area contributed by atoms with Crippen LogP contribution < -0.4 is 0 Å². The highest BCUT2D eigenvalue weighted by atomic mass is 16.4. The first-order chi connectivity index (χ1) is 6.25. The predicted octanol–water partition coefficient (Wildman–Crippen LogP) is 1.83. The number of carbonyl (C=O) groups is 1. The lowest BCUT2D eigenvalue weighted by molar-refractivity contribution is -0.138. The SMILES string of the molecule is C=CCC(C(=O)O)c1ccccn1. The average Bonchev–Trinajstić information content (AvgIpc) is 2.15. The van der Waals surface area contributed by atoms with Crippen LogP contribution in [0.1, 0.15) is 18.0 Å². The fourth-order valence-electron chi connectivity index (χ4n) is 1.10. The Kier molecular flexibility index (Phi) is 3.20. The molecule has 0 bridgehead atoms. The molecule has 0 aliphatic heterocycles. The minimum absolute atomic E-state index is 0.409. The Morgan fingerprint density at radius 2 is 2.46 bits per heavy atom. The van der Waals surface area contributed by atoms with E-state index in [1.807, 2.05) is 0 Å². The van der Waals surface area contributed by atoms with Gasteiger partial charge in [0, 0.05) is 6.20 Å². The number of rotatable bonds is 4. The van der Waals surface area contributed by atoms with Crippen LogP contribution in [0.3, 0.4) is 0 Å². The van der Waals surface area contributed by atoms with E-state index in [9.17, 15) is 4.79 Å². The maximum atomic E-state index is 10.8. The van der Waals surface area contributed by atoms with Gasteiger partial charge in [0.15, 0.2) is 0 Å². The lowest BCUT2D eigenvalue weighted by Crippen LogP contribution is -2.11. The molecule has 0 aromatic carbocycles. The normalized spacial score (nSPS) is 12.0. The smallest absolute Gasteiger partial charge is 0.312 e. The number of carboxylic acids is 1. The topological polar surface area (TPSA) is 50.2 Å². The third kappa shape index (κ3) is 2.40. The van der Waals surface area contributed by atoms with E-state index in [1.165, 1.54) is 0 Å². The van der Waals surface area contributed by atoms with Gasteiger partial charge in [0.2, 0.25) is 0 Å². The molecule has 0 saturated carbocycles. The molecule has 1 heterocycles. The van der Waals surface area contributed by atoms with E-state index in [0.717, 1.165) is 0 Å². The van der Waals surface area contributed by atoms with Crippen molar-refractivity contribution >= 4 is 5.97 Å². The van der Waals surface area contributed by atoms with E-state index in [2.05, 4.69) is 11.6 Å². The zero-order valence-corrected chi connectivity index (χ0v) is 7.18. The van der Waals surface area contributed by atoms with Crippen molar-refractivity contribution in [3.05, 3.63) is 42.7 Å². The number of hydrogen-bond acceptors (Lipinski definition) is 2. The van der Waals surface area contributed by atoms with Gasteiger partial charge >= 0.3 is 5.97 Å². The van der Waals surface area contributed by atoms with Gasteiger partial charge in [-0.2, -0.15) is 0 Å². The predicted molar refractivity (Wildman–Crippen MR) is 49.4 cm³/mol. The van der Waals surface area contributed by atoms with Gasteiger partial charge in [-0.15, -0.1) is 6.58 Å². The minimum atomic E-state index is -0.862. The summed E-state index contributed by atoms with van der Waals surface area (Å²) in [6, 6.07) is 5.25. The molecule has 0 saturated heterocycles. The second kappa shape index (κ2) is 4.40. The van der Waals surface area contributed by atoms with E-state index >= 15 is 0 Å². The van der Waals surface area contributed by atoms with Crippen LogP contribution in [0.25, 0.3) is 0 Å². The Labute approximate surface area is 76.7 Å². The average molecular weight is 177 g/mol. The minimum Gasteiger partial charge on any atom is -0.481 e. The first-order valence-electron chi connectivity index (χ1n) is 4.00. The molecule has 13 heavy (non-hydrogen) atoms. The van der Waals surface area contributed by atoms with Crippen molar-refractivity contribution in [2.24, 2.45) is 0 Å². The van der Waals surface area contributed by atoms with Crippen LogP contribution in [0.4, 0.5) is 0 Å². The summed E-state index contributed by atoms with van der Waals surface area (Å²) in [6.07, 6.45) is 3.59. The molecule has 1 rings (SSSR count). The molecule has 1 unspecified atom stereocenters. The quantitative estimate of drug-likeness (QED) is 0.714. The van der Waals surface area contributed by atoms with E-state index in [0.29, 0.717) is 12.1 Å². The van der Waals surface area contributed by atoms with E-state index in [1.54, 1.807) is 30.5 Å². The molecule has 0 radical (unpaired) electrons. The Balaban J connectivity index is 2.88. The van der Waals surface area contributed by atoms with Crippen LogP contribution in [-0.2, 0) is 4.79 Å². The van der Waals surface area contributed by atoms with Crippen LogP contribution in [0, 0.1) is 0 Å². The number of carboxylic acid groups (broad SMARTS) is 1. The van der Waals surface area contributed by atoms with Gasteiger partial charge in [0.1, 0.15) is 5.92 Å². The summed E-state index contributed by atoms with van der Waals surface area (Å²) in [4.78, 5) is 14.8. The lowest BCUT2D eigenvalue weighted by atomic mass is 10.0. The fraction of sp³-hybridized carbons (Fsp3) is 0.200. The van der Waals surface area contributed by atoms with Gasteiger partial charge in [0.05, 0.1) is 5.69 Å². The summed E-state index contributed by atoms with van der Waals surface area (Å²) in [5.74, 6) is -1.43. The Bertz CT molecular complexity index is 295. The van der Waals surface area contributed by atoms with Gasteiger partial charge < -0.3 is 5.11 Å². The summed E-state index contributed by atoms with van der Waals surface area (Å²) in [6.45, 7) is 3.52. The highest BCUT2D eigenvalue weighted by molar-refractivity contribution is 5.75. The first-order valence-corrected chi connectivity index (χ1v) is 4.00. The summed E-state index contributed by atoms with van der Waals surface area (Å²) >= 11 is 0. The zero-order valence-electron chi connectivity index (χ0n) is 7.18. The second-order valence-corrected chi connectivity index (χ2v) is 2.67. The van der Waals surface area contributed by atoms with Crippen molar-refractivity contribution in [3.8, 4) is 0 Å². The maximum Gasteiger partial charge on any atom is 0.312 e. The molecule has 0 spiro atoms. The van der Waals surface area contributed by atoms with Crippen molar-refractivity contribution in [1.82, 2.24) is 4.98 Å². The van der Waals surface area contributed by atoms with Crippen LogP contribution in [0.15, 0.2) is 37.1 Å². The molecule has 0 aliphatic carbocycles. The molecule has 0 fully saturated rings. The summed E-state index contributed by atoms with van der Waals surface area (Å²) in [5, 5.41) is 8.87. The van der Waals surface area contributed by atoms with Gasteiger partial charge in [-0.1, -0.05) is 12.1 Å². The van der Waals surface area contributed by atoms with Crippen LogP contribution in [-0.4, -0.2) is 16.1 Å². The molecule has 1 aromatic heterocycles. The highest BCUT2D eigenvalue weighted by Crippen LogP contribution is 2.17. The summed E-state index contributed by atoms with van der Waals surface area (Å²) in [5.41, 5.74) is 0.579. The van der Waals surface area contributed by atoms with Crippen LogP contribution >= 0.6 is 0 Å². The molecule has 1 N–H and O–H groups in total. The molecule has 0 amide bonds. The zero-order chi connectivity index (χ0) is 9.68. The van der Waals surface area contributed by atoms with Gasteiger partial charge in [-0.3, -0.25) is 9.78 Å². The third-order valence-corrected chi connectivity index (χ3v) is 1.75. The summed E-state index contributed by atoms with van der Waals surface area (Å²) < 4.78 is 0. The van der Waals surface area contributed by atoms with Crippen LogP contribution in [0.5, 0.6) is 0 Å². The van der Waals surface area contributed by atoms with Gasteiger partial charge in [-0.05, 0) is 18.6 Å². The van der Waals surface area contributed by atoms with Gasteiger partial charge in [0.25, 0.3) is 0 Å². The number of aliphatic carboxylic acids is 1. The standard InChI is InChI=1S/C10H11NO2/c1-2-5-8(10(12)13)9-6-3-4-7-11-9/h2-4,6-8H,1,5H2,(H,12,13). The monoisotopic (exact) mass is 177 g/mol. The molecular formula is C10H11NO2. The van der Waals surface area contributed by atoms with E-state index in [-0.39, 0.29) is 0 Å². The second-order valence-electron chi connectivity index (χ2n) is 2.67. The molecule has 3 nitrogen and oxygen atoms in total. The van der Waals surface area contributed by atoms with Crippen LogP contribution in [0.2, 0.25) is 0 Å². The largest absolute Gasteiger partial charge is 0.481 e. The van der Waals surface area contributed by atoms with Crippen molar-refractivity contribution in [3.63, 3.8) is 0 Å². The molecule has 0 aliphatic rings. The maximum absolute atomic E-state index is 10.8. The van der Waals surface area contributed by atoms with E-state index in [4.69, 9.17) is 5.11 Å². The fourth-order valence-corrected chi connectivity index (χ4v) is 1.10. The number of hydrogen-bond donors (Lipinski definition) is 1. The molecule has 1 aromatic rings. The van der Waals surface area contributed by atoms with Crippen molar-refractivity contribution in [2.75, 3.05) is 0 Å². The van der Waals surface area contributed by atoms with Crippen molar-refractivity contribution in [2.45, 2.75) is 12.3 Å². The molecule has 3 heteroatoms. The third-order valence-electron chi connectivity index (χ3n) is 1.75. The van der Waals surface area contributed by atoms with E-state index < -0.39 is 11.9 Å². The molecular weight excluding hydrogens is 166 g/mol. The number of allylic oxidation sites excluding steroid dienone is 1. The lowest BCUT2D eigenvalue weighted by Gasteiger charge is -2.07. The highest BCUT2D eigenvalue weighted by Gasteiger charge is 2.18. The van der Waals surface area contributed by atoms with Gasteiger partial charge in [-0.25, -0.2) is 0 Å². The molecule has 68 valence electrons.